The molecule has 0 bridgehead atoms. The first-order valence-electron chi connectivity index (χ1n) is 8.26. The molecule has 3 rings (SSSR count). The zero-order valence-electron chi connectivity index (χ0n) is 14.4. The number of hydrogen-bond acceptors (Lipinski definition) is 4. The minimum atomic E-state index is -0.126. The summed E-state index contributed by atoms with van der Waals surface area (Å²) >= 11 is 0. The predicted octanol–water partition coefficient (Wildman–Crippen LogP) is 1.75. The molecule has 0 spiro atoms. The van der Waals surface area contributed by atoms with Crippen molar-refractivity contribution in [3.63, 3.8) is 0 Å². The third-order valence-corrected chi connectivity index (χ3v) is 4.40. The van der Waals surface area contributed by atoms with Gasteiger partial charge in [0.1, 0.15) is 5.75 Å². The average Bonchev–Trinajstić information content (AvgIpc) is 3.15. The average molecular weight is 328 g/mol. The molecule has 2 aromatic rings. The Labute approximate surface area is 142 Å². The van der Waals surface area contributed by atoms with Gasteiger partial charge in [-0.25, -0.2) is 0 Å². The van der Waals surface area contributed by atoms with Gasteiger partial charge in [0.2, 0.25) is 5.91 Å². The fraction of sp³-hybridized carbons (Fsp3) is 0.444. The molecule has 1 amide bonds. The number of amides is 1. The molecule has 1 aliphatic rings. The van der Waals surface area contributed by atoms with Crippen LogP contribution in [0.4, 0.5) is 5.69 Å². The van der Waals surface area contributed by atoms with E-state index in [1.165, 1.54) is 5.56 Å². The van der Waals surface area contributed by atoms with E-state index in [2.05, 4.69) is 29.5 Å². The van der Waals surface area contributed by atoms with Crippen LogP contribution in [-0.2, 0) is 18.3 Å². The van der Waals surface area contributed by atoms with Gasteiger partial charge in [-0.15, -0.1) is 0 Å². The summed E-state index contributed by atoms with van der Waals surface area (Å²) in [5, 5.41) is 7.61. The van der Waals surface area contributed by atoms with Crippen LogP contribution in [-0.4, -0.2) is 41.4 Å². The second-order valence-electron chi connectivity index (χ2n) is 6.32. The molecule has 24 heavy (non-hydrogen) atoms. The Morgan fingerprint density at radius 2 is 2.12 bits per heavy atom. The van der Waals surface area contributed by atoms with Crippen molar-refractivity contribution in [1.82, 2.24) is 15.1 Å². The van der Waals surface area contributed by atoms with Gasteiger partial charge >= 0.3 is 0 Å². The van der Waals surface area contributed by atoms with Crippen LogP contribution in [0.3, 0.4) is 0 Å². The van der Waals surface area contributed by atoms with E-state index in [1.807, 2.05) is 30.3 Å². The van der Waals surface area contributed by atoms with Gasteiger partial charge in [-0.2, -0.15) is 5.10 Å². The first-order valence-corrected chi connectivity index (χ1v) is 8.26. The maximum atomic E-state index is 12.6. The Bertz CT molecular complexity index is 695. The van der Waals surface area contributed by atoms with Crippen LogP contribution in [0.25, 0.3) is 0 Å². The summed E-state index contributed by atoms with van der Waals surface area (Å²) in [4.78, 5) is 14.4. The molecule has 0 unspecified atom stereocenters. The first kappa shape index (κ1) is 16.5. The van der Waals surface area contributed by atoms with Crippen LogP contribution in [0.5, 0.6) is 5.75 Å². The molecule has 1 fully saturated rings. The third-order valence-electron chi connectivity index (χ3n) is 4.40. The van der Waals surface area contributed by atoms with Crippen molar-refractivity contribution in [3.8, 4) is 5.75 Å². The number of carbonyl (C=O) groups excluding carboxylic acids is 1. The van der Waals surface area contributed by atoms with Crippen molar-refractivity contribution >= 4 is 11.6 Å². The number of nitrogens with one attached hydrogen (secondary N) is 1. The van der Waals surface area contributed by atoms with Gasteiger partial charge in [0, 0.05) is 25.8 Å². The van der Waals surface area contributed by atoms with Crippen molar-refractivity contribution in [1.29, 1.82) is 0 Å². The number of nitrogens with zero attached hydrogens (tertiary/aromatic N) is 3. The summed E-state index contributed by atoms with van der Waals surface area (Å²) < 4.78 is 6.90. The highest BCUT2D eigenvalue weighted by molar-refractivity contribution is 5.99. The highest BCUT2D eigenvalue weighted by Gasteiger charge is 2.33. The lowest BCUT2D eigenvalue weighted by Crippen LogP contribution is -2.43. The molecule has 6 heteroatoms. The second kappa shape index (κ2) is 7.05. The summed E-state index contributed by atoms with van der Waals surface area (Å²) in [6, 6.07) is 8.16. The van der Waals surface area contributed by atoms with E-state index in [0.29, 0.717) is 0 Å². The molecule has 0 aliphatic carbocycles. The number of methoxy groups -OCH3 is 1. The fourth-order valence-corrected chi connectivity index (χ4v) is 3.16. The van der Waals surface area contributed by atoms with Gasteiger partial charge in [0.05, 0.1) is 25.0 Å². The number of carbonyl (C=O) groups is 1. The van der Waals surface area contributed by atoms with Crippen molar-refractivity contribution in [2.75, 3.05) is 18.6 Å². The van der Waals surface area contributed by atoms with Gasteiger partial charge < -0.3 is 15.0 Å². The molecule has 1 saturated heterocycles. The van der Waals surface area contributed by atoms with E-state index < -0.39 is 0 Å². The Balaban J connectivity index is 1.56. The zero-order chi connectivity index (χ0) is 17.1. The molecular weight excluding hydrogens is 304 g/mol. The Morgan fingerprint density at radius 1 is 1.38 bits per heavy atom. The van der Waals surface area contributed by atoms with Crippen molar-refractivity contribution in [2.45, 2.75) is 31.8 Å². The quantitative estimate of drug-likeness (QED) is 0.878. The number of ether oxygens (including phenoxy) is 1. The van der Waals surface area contributed by atoms with Gasteiger partial charge in [-0.3, -0.25) is 9.48 Å². The summed E-state index contributed by atoms with van der Waals surface area (Å²) in [5.74, 6) is 0.988. The molecule has 2 atom stereocenters. The van der Waals surface area contributed by atoms with Crippen molar-refractivity contribution < 1.29 is 9.53 Å². The number of hydrogen-bond donors (Lipinski definition) is 1. The standard InChI is InChI=1S/C18H24N4O2/c1-13(10-14-4-6-16(24-3)7-5-14)20-17-8-9-22(18(17)23)15-11-19-21(2)12-15/h4-7,11-13,17,20H,8-10H2,1-3H3/t13-,17-/m0/s1. The lowest BCUT2D eigenvalue weighted by Gasteiger charge is -2.19. The van der Waals surface area contributed by atoms with Gasteiger partial charge in [-0.05, 0) is 37.5 Å². The maximum Gasteiger partial charge on any atom is 0.244 e. The van der Waals surface area contributed by atoms with Gasteiger partial charge in [-0.1, -0.05) is 12.1 Å². The Hall–Kier alpha value is -2.34. The summed E-state index contributed by atoms with van der Waals surface area (Å²) in [6.07, 6.45) is 5.31. The molecule has 128 valence electrons. The van der Waals surface area contributed by atoms with Crippen LogP contribution >= 0.6 is 0 Å². The molecule has 0 radical (unpaired) electrons. The Morgan fingerprint density at radius 3 is 2.75 bits per heavy atom. The van der Waals surface area contributed by atoms with E-state index in [-0.39, 0.29) is 18.0 Å². The van der Waals surface area contributed by atoms with Gasteiger partial charge in [0.25, 0.3) is 0 Å². The lowest BCUT2D eigenvalue weighted by molar-refractivity contribution is -0.119. The van der Waals surface area contributed by atoms with E-state index in [9.17, 15) is 4.79 Å². The largest absolute Gasteiger partial charge is 0.497 e. The topological polar surface area (TPSA) is 59.4 Å². The first-order chi connectivity index (χ1) is 11.6. The van der Waals surface area contributed by atoms with Crippen molar-refractivity contribution in [2.24, 2.45) is 7.05 Å². The number of anilines is 1. The molecule has 1 aromatic carbocycles. The highest BCUT2D eigenvalue weighted by Crippen LogP contribution is 2.21. The summed E-state index contributed by atoms with van der Waals surface area (Å²) in [7, 11) is 3.52. The molecule has 1 aliphatic heterocycles. The maximum absolute atomic E-state index is 12.6. The third kappa shape index (κ3) is 3.59. The smallest absolute Gasteiger partial charge is 0.244 e. The fourth-order valence-electron chi connectivity index (χ4n) is 3.16. The second-order valence-corrected chi connectivity index (χ2v) is 6.32. The number of benzene rings is 1. The van der Waals surface area contributed by atoms with Crippen LogP contribution in [0.2, 0.25) is 0 Å². The molecule has 2 heterocycles. The minimum Gasteiger partial charge on any atom is -0.497 e. The monoisotopic (exact) mass is 328 g/mol. The number of rotatable bonds is 6. The predicted molar refractivity (Wildman–Crippen MR) is 93.3 cm³/mol. The van der Waals surface area contributed by atoms with Gasteiger partial charge in [0.15, 0.2) is 0 Å². The highest BCUT2D eigenvalue weighted by atomic mass is 16.5. The SMILES string of the molecule is COc1ccc(C[C@H](C)N[C@H]2CCN(c3cnn(C)c3)C2=O)cc1. The van der Waals surface area contributed by atoms with E-state index >= 15 is 0 Å². The summed E-state index contributed by atoms with van der Waals surface area (Å²) in [5.41, 5.74) is 2.10. The zero-order valence-corrected chi connectivity index (χ0v) is 14.4. The van der Waals surface area contributed by atoms with E-state index in [0.717, 1.165) is 30.8 Å². The minimum absolute atomic E-state index is 0.126. The lowest BCUT2D eigenvalue weighted by atomic mass is 10.1. The van der Waals surface area contributed by atoms with E-state index in [4.69, 9.17) is 4.74 Å². The molecule has 6 nitrogen and oxygen atoms in total. The van der Waals surface area contributed by atoms with Crippen LogP contribution in [0.15, 0.2) is 36.7 Å². The van der Waals surface area contributed by atoms with Crippen LogP contribution in [0, 0.1) is 0 Å². The van der Waals surface area contributed by atoms with Crippen LogP contribution < -0.4 is 15.0 Å². The molecule has 0 saturated carbocycles. The molecule has 1 N–H and O–H groups in total. The molecule has 1 aromatic heterocycles. The molecular formula is C18H24N4O2. The summed E-state index contributed by atoms with van der Waals surface area (Å²) in [6.45, 7) is 2.85. The number of aromatic nitrogens is 2. The van der Waals surface area contributed by atoms with Crippen LogP contribution in [0.1, 0.15) is 18.9 Å². The Kier molecular flexibility index (Phi) is 4.85. The number of aryl methyl sites for hydroxylation is 1. The van der Waals surface area contributed by atoms with E-state index in [1.54, 1.807) is 18.0 Å². The van der Waals surface area contributed by atoms with Crippen molar-refractivity contribution in [3.05, 3.63) is 42.2 Å². The normalized spacial score (nSPS) is 18.9.